The van der Waals surface area contributed by atoms with Crippen LogP contribution in [-0.2, 0) is 22.6 Å². The quantitative estimate of drug-likeness (QED) is 0.828. The number of aromatic nitrogens is 1. The first-order chi connectivity index (χ1) is 12.9. The van der Waals surface area contributed by atoms with Crippen molar-refractivity contribution in [3.8, 4) is 5.88 Å². The Morgan fingerprint density at radius 3 is 2.89 bits per heavy atom. The Bertz CT molecular complexity index is 769. The second kappa shape index (κ2) is 6.76. The van der Waals surface area contributed by atoms with Crippen LogP contribution in [-0.4, -0.2) is 71.6 Å². The van der Waals surface area contributed by atoms with Crippen LogP contribution in [0.3, 0.4) is 0 Å². The number of fused-ring (bicyclic) bond motifs is 1. The first-order valence-electron chi connectivity index (χ1n) is 9.41. The smallest absolute Gasteiger partial charge is 0.256 e. The summed E-state index contributed by atoms with van der Waals surface area (Å²) >= 11 is 0. The van der Waals surface area contributed by atoms with Gasteiger partial charge in [0.1, 0.15) is 6.61 Å². The Morgan fingerprint density at radius 2 is 2.22 bits per heavy atom. The maximum absolute atomic E-state index is 12.7. The van der Waals surface area contributed by atoms with Crippen LogP contribution >= 0.6 is 0 Å². The van der Waals surface area contributed by atoms with Crippen molar-refractivity contribution in [2.75, 3.05) is 33.4 Å². The van der Waals surface area contributed by atoms with Gasteiger partial charge in [-0.2, -0.15) is 0 Å². The van der Waals surface area contributed by atoms with Crippen molar-refractivity contribution in [3.63, 3.8) is 0 Å². The summed E-state index contributed by atoms with van der Waals surface area (Å²) in [4.78, 5) is 32.7. The van der Waals surface area contributed by atoms with E-state index >= 15 is 0 Å². The van der Waals surface area contributed by atoms with Crippen molar-refractivity contribution in [2.45, 2.75) is 45.0 Å². The number of hydrogen-bond donors (Lipinski definition) is 1. The molecule has 4 heterocycles. The topological polar surface area (TPSA) is 84.0 Å². The molecule has 8 heteroatoms. The molecule has 0 aliphatic carbocycles. The maximum atomic E-state index is 12.7. The number of nitrogens with zero attached hydrogens (tertiary/aromatic N) is 3. The van der Waals surface area contributed by atoms with Crippen LogP contribution in [0.5, 0.6) is 5.88 Å². The molecule has 2 amide bonds. The number of carbonyl (C=O) groups excluding carboxylic acids is 2. The second-order valence-electron chi connectivity index (χ2n) is 7.89. The summed E-state index contributed by atoms with van der Waals surface area (Å²) in [5.74, 6) is 0.551. The zero-order valence-corrected chi connectivity index (χ0v) is 16.1. The number of hydrogen-bond acceptors (Lipinski definition) is 6. The molecular weight excluding hydrogens is 348 g/mol. The highest BCUT2D eigenvalue weighted by Crippen LogP contribution is 2.32. The van der Waals surface area contributed by atoms with Crippen LogP contribution in [0, 0.1) is 0 Å². The van der Waals surface area contributed by atoms with E-state index in [4.69, 9.17) is 9.47 Å². The van der Waals surface area contributed by atoms with E-state index in [-0.39, 0.29) is 30.1 Å². The van der Waals surface area contributed by atoms with Crippen LogP contribution in [0.15, 0.2) is 6.07 Å². The molecule has 27 heavy (non-hydrogen) atoms. The predicted octanol–water partition coefficient (Wildman–Crippen LogP) is 0.545. The predicted molar refractivity (Wildman–Crippen MR) is 97.4 cm³/mol. The lowest BCUT2D eigenvalue weighted by Crippen LogP contribution is -2.53. The lowest BCUT2D eigenvalue weighted by atomic mass is 10.0. The number of likely N-dealkylation sites (tertiary alicyclic amines) is 1. The van der Waals surface area contributed by atoms with Crippen molar-refractivity contribution in [1.82, 2.24) is 20.1 Å². The number of amides is 2. The highest BCUT2D eigenvalue weighted by molar-refractivity contribution is 5.98. The minimum Gasteiger partial charge on any atom is -0.481 e. The highest BCUT2D eigenvalue weighted by Gasteiger charge is 2.42. The summed E-state index contributed by atoms with van der Waals surface area (Å²) in [7, 11) is 1.61. The lowest BCUT2D eigenvalue weighted by molar-refractivity contribution is -0.142. The molecule has 2 fully saturated rings. The third kappa shape index (κ3) is 3.27. The molecule has 1 unspecified atom stereocenters. The maximum Gasteiger partial charge on any atom is 0.256 e. The van der Waals surface area contributed by atoms with E-state index < -0.39 is 0 Å². The Morgan fingerprint density at radius 1 is 1.41 bits per heavy atom. The van der Waals surface area contributed by atoms with Gasteiger partial charge >= 0.3 is 0 Å². The molecule has 3 aliphatic rings. The molecule has 1 spiro atoms. The van der Waals surface area contributed by atoms with Crippen molar-refractivity contribution in [3.05, 3.63) is 22.9 Å². The van der Waals surface area contributed by atoms with Crippen molar-refractivity contribution < 1.29 is 19.1 Å². The molecule has 146 valence electrons. The summed E-state index contributed by atoms with van der Waals surface area (Å²) < 4.78 is 11.3. The van der Waals surface area contributed by atoms with E-state index in [1.165, 1.54) is 0 Å². The average Bonchev–Trinajstić information content (AvgIpc) is 3.19. The largest absolute Gasteiger partial charge is 0.481 e. The van der Waals surface area contributed by atoms with Gasteiger partial charge in [-0.25, -0.2) is 4.98 Å². The molecule has 0 bridgehead atoms. The van der Waals surface area contributed by atoms with Crippen LogP contribution in [0.25, 0.3) is 0 Å². The van der Waals surface area contributed by atoms with Gasteiger partial charge in [-0.05, 0) is 26.3 Å². The molecule has 0 radical (unpaired) electrons. The number of nitrogens with one attached hydrogen (secondary N) is 1. The summed E-state index contributed by atoms with van der Waals surface area (Å²) in [5.41, 5.74) is 2.06. The molecule has 2 saturated heterocycles. The molecule has 4 rings (SSSR count). The van der Waals surface area contributed by atoms with Gasteiger partial charge < -0.3 is 19.7 Å². The molecule has 1 N–H and O–H groups in total. The molecule has 3 aliphatic heterocycles. The van der Waals surface area contributed by atoms with E-state index in [0.717, 1.165) is 30.8 Å². The zero-order chi connectivity index (χ0) is 19.2. The second-order valence-corrected chi connectivity index (χ2v) is 7.89. The molecule has 1 atom stereocenters. The fourth-order valence-corrected chi connectivity index (χ4v) is 4.12. The standard InChI is InChI=1S/C19H26N4O4/c1-12(2)23-8-15-14(18(23)25)6-13(17(21-15)26-3)7-22-5-4-19(11-22)10-20-16(24)9-27-19/h6,12H,4-5,7-11H2,1-3H3,(H,20,24). The monoisotopic (exact) mass is 374 g/mol. The Kier molecular flexibility index (Phi) is 4.55. The number of rotatable bonds is 4. The first-order valence-corrected chi connectivity index (χ1v) is 9.41. The molecule has 1 aromatic heterocycles. The summed E-state index contributed by atoms with van der Waals surface area (Å²) in [6, 6.07) is 2.07. The fraction of sp³-hybridized carbons (Fsp3) is 0.632. The summed E-state index contributed by atoms with van der Waals surface area (Å²) in [6.45, 7) is 7.45. The van der Waals surface area contributed by atoms with Gasteiger partial charge in [0.25, 0.3) is 5.91 Å². The number of methoxy groups -OCH3 is 1. The van der Waals surface area contributed by atoms with Gasteiger partial charge in [0.05, 0.1) is 30.5 Å². The summed E-state index contributed by atoms with van der Waals surface area (Å²) in [5, 5.41) is 2.90. The van der Waals surface area contributed by atoms with E-state index in [0.29, 0.717) is 31.1 Å². The lowest BCUT2D eigenvalue weighted by Gasteiger charge is -2.33. The van der Waals surface area contributed by atoms with Gasteiger partial charge in [-0.3, -0.25) is 14.5 Å². The third-order valence-electron chi connectivity index (χ3n) is 5.68. The van der Waals surface area contributed by atoms with Gasteiger partial charge in [0.2, 0.25) is 11.8 Å². The SMILES string of the molecule is COc1nc2c(cc1CN1CCC3(CNC(=O)CO3)C1)C(=O)N(C(C)C)C2. The van der Waals surface area contributed by atoms with Crippen LogP contribution in [0.2, 0.25) is 0 Å². The van der Waals surface area contributed by atoms with Crippen molar-refractivity contribution in [1.29, 1.82) is 0 Å². The third-order valence-corrected chi connectivity index (χ3v) is 5.68. The highest BCUT2D eigenvalue weighted by atomic mass is 16.5. The van der Waals surface area contributed by atoms with Gasteiger partial charge in [0.15, 0.2) is 0 Å². The molecule has 8 nitrogen and oxygen atoms in total. The normalized spacial score (nSPS) is 25.4. The van der Waals surface area contributed by atoms with Crippen LogP contribution in [0.1, 0.15) is 41.9 Å². The summed E-state index contributed by atoms with van der Waals surface area (Å²) in [6.07, 6.45) is 0.869. The Balaban J connectivity index is 1.52. The van der Waals surface area contributed by atoms with Crippen molar-refractivity contribution >= 4 is 11.8 Å². The van der Waals surface area contributed by atoms with Gasteiger partial charge in [-0.15, -0.1) is 0 Å². The average molecular weight is 374 g/mol. The number of carbonyl (C=O) groups is 2. The van der Waals surface area contributed by atoms with Crippen molar-refractivity contribution in [2.24, 2.45) is 0 Å². The van der Waals surface area contributed by atoms with Gasteiger partial charge in [-0.1, -0.05) is 0 Å². The minimum atomic E-state index is -0.310. The zero-order valence-electron chi connectivity index (χ0n) is 16.1. The van der Waals surface area contributed by atoms with Gasteiger partial charge in [0, 0.05) is 37.8 Å². The van der Waals surface area contributed by atoms with E-state index in [9.17, 15) is 9.59 Å². The molecule has 0 saturated carbocycles. The van der Waals surface area contributed by atoms with E-state index in [2.05, 4.69) is 15.2 Å². The molecule has 0 aromatic carbocycles. The minimum absolute atomic E-state index is 0.0348. The van der Waals surface area contributed by atoms with Crippen LogP contribution in [0.4, 0.5) is 0 Å². The molecular formula is C19H26N4O4. The van der Waals surface area contributed by atoms with E-state index in [1.54, 1.807) is 7.11 Å². The van der Waals surface area contributed by atoms with Crippen LogP contribution < -0.4 is 10.1 Å². The Labute approximate surface area is 158 Å². The Hall–Kier alpha value is -2.19. The molecule has 1 aromatic rings. The van der Waals surface area contributed by atoms with E-state index in [1.807, 2.05) is 24.8 Å². The first kappa shape index (κ1) is 18.2. The number of ether oxygens (including phenoxy) is 2. The fourth-order valence-electron chi connectivity index (χ4n) is 4.12. The number of morpholine rings is 1. The number of pyridine rings is 1.